The highest BCUT2D eigenvalue weighted by Crippen LogP contribution is 2.59. The van der Waals surface area contributed by atoms with E-state index in [4.69, 9.17) is 0 Å². The molecule has 0 bridgehead atoms. The van der Waals surface area contributed by atoms with Crippen LogP contribution in [0, 0.1) is 17.3 Å². The first-order valence-electron chi connectivity index (χ1n) is 6.47. The molecular weight excluding hydrogens is 240 g/mol. The lowest BCUT2D eigenvalue weighted by atomic mass is 10.1. The molecular formula is C15H20N2O2. The third-order valence-corrected chi connectivity index (χ3v) is 3.79. The molecule has 19 heavy (non-hydrogen) atoms. The molecule has 2 rings (SSSR count). The third kappa shape index (κ3) is 2.62. The number of allylic oxidation sites excluding steroid dienone is 2. The van der Waals surface area contributed by atoms with Crippen LogP contribution in [-0.4, -0.2) is 10.9 Å². The van der Waals surface area contributed by atoms with E-state index in [1.165, 1.54) is 17.8 Å². The van der Waals surface area contributed by atoms with Gasteiger partial charge in [0.2, 0.25) is 11.3 Å². The Bertz CT molecular complexity index is 580. The highest BCUT2D eigenvalue weighted by atomic mass is 16.2. The normalized spacial score (nSPS) is 23.6. The number of pyridine rings is 1. The van der Waals surface area contributed by atoms with Gasteiger partial charge in [-0.25, -0.2) is 0 Å². The number of aromatic nitrogens is 1. The summed E-state index contributed by atoms with van der Waals surface area (Å²) in [5.74, 6) is 0.103. The van der Waals surface area contributed by atoms with Gasteiger partial charge in [0.1, 0.15) is 5.69 Å². The van der Waals surface area contributed by atoms with Gasteiger partial charge in [-0.2, -0.15) is 0 Å². The summed E-state index contributed by atoms with van der Waals surface area (Å²) in [5, 5.41) is 2.72. The summed E-state index contributed by atoms with van der Waals surface area (Å²) in [7, 11) is 0. The number of nitrogens with one attached hydrogen (secondary N) is 2. The van der Waals surface area contributed by atoms with Gasteiger partial charge in [-0.1, -0.05) is 25.5 Å². The van der Waals surface area contributed by atoms with Crippen LogP contribution in [0.3, 0.4) is 0 Å². The quantitative estimate of drug-likeness (QED) is 0.820. The summed E-state index contributed by atoms with van der Waals surface area (Å²) in [5.41, 5.74) is 1.31. The maximum atomic E-state index is 12.2. The van der Waals surface area contributed by atoms with Crippen LogP contribution >= 0.6 is 0 Å². The Labute approximate surface area is 112 Å². The lowest BCUT2D eigenvalue weighted by Crippen LogP contribution is -2.21. The van der Waals surface area contributed by atoms with Gasteiger partial charge in [0, 0.05) is 18.5 Å². The maximum absolute atomic E-state index is 12.2. The van der Waals surface area contributed by atoms with Gasteiger partial charge in [0.25, 0.3) is 0 Å². The van der Waals surface area contributed by atoms with Crippen LogP contribution in [0.5, 0.6) is 0 Å². The molecule has 4 nitrogen and oxygen atoms in total. The van der Waals surface area contributed by atoms with Crippen molar-refractivity contribution in [2.24, 2.45) is 17.3 Å². The van der Waals surface area contributed by atoms with Crippen molar-refractivity contribution in [3.63, 3.8) is 0 Å². The Balaban J connectivity index is 2.13. The van der Waals surface area contributed by atoms with Crippen molar-refractivity contribution in [2.75, 3.05) is 5.32 Å². The van der Waals surface area contributed by atoms with Crippen molar-refractivity contribution in [1.29, 1.82) is 0 Å². The zero-order valence-electron chi connectivity index (χ0n) is 11.8. The smallest absolute Gasteiger partial charge is 0.228 e. The second kappa shape index (κ2) is 4.68. The second-order valence-corrected chi connectivity index (χ2v) is 5.98. The summed E-state index contributed by atoms with van der Waals surface area (Å²) in [6.07, 6.45) is 5.20. The van der Waals surface area contributed by atoms with Crippen molar-refractivity contribution in [3.05, 3.63) is 40.3 Å². The highest BCUT2D eigenvalue weighted by Gasteiger charge is 2.60. The van der Waals surface area contributed by atoms with Gasteiger partial charge in [-0.3, -0.25) is 9.59 Å². The minimum atomic E-state index is -0.177. The molecule has 1 heterocycles. The standard InChI is InChI=1S/C15H20N2O2/c1-9(2)7-10-13(15(10,3)4)14(19)17-11-8-16-6-5-12(11)18/h5-8,10,13H,1-4H3,(H,16,18)(H,17,19)/t10-,13+/m1/s1. The maximum Gasteiger partial charge on any atom is 0.228 e. The van der Waals surface area contributed by atoms with E-state index in [-0.39, 0.29) is 28.6 Å². The van der Waals surface area contributed by atoms with E-state index in [2.05, 4.69) is 30.2 Å². The predicted molar refractivity (Wildman–Crippen MR) is 75.9 cm³/mol. The Morgan fingerprint density at radius 2 is 2.11 bits per heavy atom. The first-order chi connectivity index (χ1) is 8.84. The van der Waals surface area contributed by atoms with Gasteiger partial charge >= 0.3 is 0 Å². The summed E-state index contributed by atoms with van der Waals surface area (Å²) in [6.45, 7) is 8.23. The summed E-state index contributed by atoms with van der Waals surface area (Å²) >= 11 is 0. The molecule has 102 valence electrons. The molecule has 1 aliphatic rings. The van der Waals surface area contributed by atoms with E-state index >= 15 is 0 Å². The fraction of sp³-hybridized carbons (Fsp3) is 0.467. The number of H-pyrrole nitrogens is 1. The molecule has 4 heteroatoms. The van der Waals surface area contributed by atoms with E-state index in [0.29, 0.717) is 5.69 Å². The van der Waals surface area contributed by atoms with Crippen molar-refractivity contribution in [3.8, 4) is 0 Å². The van der Waals surface area contributed by atoms with Crippen LogP contribution in [0.1, 0.15) is 27.7 Å². The number of hydrogen-bond donors (Lipinski definition) is 2. The molecule has 1 aromatic heterocycles. The first kappa shape index (κ1) is 13.6. The van der Waals surface area contributed by atoms with E-state index in [0.717, 1.165) is 0 Å². The lowest BCUT2D eigenvalue weighted by molar-refractivity contribution is -0.118. The summed E-state index contributed by atoms with van der Waals surface area (Å²) < 4.78 is 0. The average Bonchev–Trinajstić information content (AvgIpc) is 2.82. The van der Waals surface area contributed by atoms with Crippen LogP contribution in [0.15, 0.2) is 34.9 Å². The Morgan fingerprint density at radius 1 is 1.42 bits per heavy atom. The molecule has 1 aromatic rings. The number of amides is 1. The zero-order chi connectivity index (χ0) is 14.2. The number of anilines is 1. The van der Waals surface area contributed by atoms with Crippen LogP contribution in [0.2, 0.25) is 0 Å². The van der Waals surface area contributed by atoms with Crippen LogP contribution in [-0.2, 0) is 4.79 Å². The molecule has 1 aliphatic carbocycles. The predicted octanol–water partition coefficient (Wildman–Crippen LogP) is 2.55. The van der Waals surface area contributed by atoms with Gasteiger partial charge in [-0.15, -0.1) is 0 Å². The van der Waals surface area contributed by atoms with Gasteiger partial charge in [0.15, 0.2) is 0 Å². The topological polar surface area (TPSA) is 62.0 Å². The van der Waals surface area contributed by atoms with E-state index in [1.807, 2.05) is 13.8 Å². The SMILES string of the molecule is CC(C)=C[C@@H]1[C@@H](C(=O)Nc2c[nH]ccc2=O)C1(C)C. The number of hydrogen-bond acceptors (Lipinski definition) is 2. The van der Waals surface area contributed by atoms with Crippen molar-refractivity contribution < 1.29 is 4.79 Å². The molecule has 2 atom stereocenters. The van der Waals surface area contributed by atoms with Crippen molar-refractivity contribution in [2.45, 2.75) is 27.7 Å². The first-order valence-corrected chi connectivity index (χ1v) is 6.47. The second-order valence-electron chi connectivity index (χ2n) is 5.98. The molecule has 0 unspecified atom stereocenters. The molecule has 0 radical (unpaired) electrons. The number of rotatable bonds is 3. The lowest BCUT2D eigenvalue weighted by Gasteiger charge is -2.04. The Kier molecular flexibility index (Phi) is 3.35. The average molecular weight is 260 g/mol. The molecule has 1 saturated carbocycles. The van der Waals surface area contributed by atoms with Crippen LogP contribution in [0.25, 0.3) is 0 Å². The number of aromatic amines is 1. The van der Waals surface area contributed by atoms with E-state index in [1.54, 1.807) is 6.20 Å². The van der Waals surface area contributed by atoms with Crippen LogP contribution in [0.4, 0.5) is 5.69 Å². The molecule has 0 aromatic carbocycles. The molecule has 1 fully saturated rings. The van der Waals surface area contributed by atoms with Gasteiger partial charge < -0.3 is 10.3 Å². The Morgan fingerprint density at radius 3 is 2.68 bits per heavy atom. The monoisotopic (exact) mass is 260 g/mol. The fourth-order valence-corrected chi connectivity index (χ4v) is 2.57. The van der Waals surface area contributed by atoms with E-state index < -0.39 is 0 Å². The largest absolute Gasteiger partial charge is 0.366 e. The van der Waals surface area contributed by atoms with Crippen molar-refractivity contribution in [1.82, 2.24) is 4.98 Å². The molecule has 2 N–H and O–H groups in total. The Hall–Kier alpha value is -1.84. The fourth-order valence-electron chi connectivity index (χ4n) is 2.57. The molecule has 0 aliphatic heterocycles. The van der Waals surface area contributed by atoms with Gasteiger partial charge in [0.05, 0.1) is 5.92 Å². The molecule has 0 saturated heterocycles. The summed E-state index contributed by atoms with van der Waals surface area (Å²) in [6, 6.07) is 1.40. The number of carbonyl (C=O) groups excluding carboxylic acids is 1. The number of carbonyl (C=O) groups is 1. The third-order valence-electron chi connectivity index (χ3n) is 3.79. The minimum absolute atomic E-state index is 0.0388. The van der Waals surface area contributed by atoms with Gasteiger partial charge in [-0.05, 0) is 25.2 Å². The summed E-state index contributed by atoms with van der Waals surface area (Å²) in [4.78, 5) is 26.6. The highest BCUT2D eigenvalue weighted by molar-refractivity contribution is 5.95. The van der Waals surface area contributed by atoms with Crippen molar-refractivity contribution >= 4 is 11.6 Å². The van der Waals surface area contributed by atoms with Crippen LogP contribution < -0.4 is 10.7 Å². The molecule has 1 amide bonds. The zero-order valence-corrected chi connectivity index (χ0v) is 11.8. The minimum Gasteiger partial charge on any atom is -0.366 e. The molecule has 0 spiro atoms. The van der Waals surface area contributed by atoms with E-state index in [9.17, 15) is 9.59 Å².